The molecule has 1 heterocycles. The predicted octanol–water partition coefficient (Wildman–Crippen LogP) is 4.58. The predicted molar refractivity (Wildman–Crippen MR) is 100 cm³/mol. The van der Waals surface area contributed by atoms with Crippen molar-refractivity contribution >= 4 is 28.3 Å². The number of amides is 2. The zero-order chi connectivity index (χ0) is 20.1. The van der Waals surface area contributed by atoms with Crippen LogP contribution < -0.4 is 5.32 Å². The standard InChI is InChI=1S/C19H20F3N3O2S/c20-19(21,22)14-8-6-13(7-9-14)17(27)25(15-4-2-1-3-5-15)12-16(26)24-18-23-10-11-28-18/h6-11,15H,1-5,12H2,(H,23,24,26). The van der Waals surface area contributed by atoms with Crippen molar-refractivity contribution in [3.8, 4) is 0 Å². The van der Waals surface area contributed by atoms with Gasteiger partial charge in [-0.3, -0.25) is 9.59 Å². The molecule has 1 aliphatic rings. The van der Waals surface area contributed by atoms with Gasteiger partial charge < -0.3 is 10.2 Å². The number of hydrogen-bond donors (Lipinski definition) is 1. The quantitative estimate of drug-likeness (QED) is 0.784. The maximum Gasteiger partial charge on any atom is 0.416 e. The normalized spacial score (nSPS) is 15.2. The van der Waals surface area contributed by atoms with Crippen LogP contribution >= 0.6 is 11.3 Å². The molecule has 2 aromatic rings. The molecule has 1 aromatic carbocycles. The number of benzene rings is 1. The van der Waals surface area contributed by atoms with Crippen LogP contribution in [0.4, 0.5) is 18.3 Å². The Kier molecular flexibility index (Phi) is 6.33. The Balaban J connectivity index is 1.77. The van der Waals surface area contributed by atoms with Gasteiger partial charge in [0.25, 0.3) is 5.91 Å². The highest BCUT2D eigenvalue weighted by atomic mass is 32.1. The van der Waals surface area contributed by atoms with Crippen molar-refractivity contribution in [1.29, 1.82) is 0 Å². The van der Waals surface area contributed by atoms with Crippen molar-refractivity contribution in [3.63, 3.8) is 0 Å². The minimum atomic E-state index is -4.46. The summed E-state index contributed by atoms with van der Waals surface area (Å²) >= 11 is 1.27. The van der Waals surface area contributed by atoms with Gasteiger partial charge in [-0.1, -0.05) is 19.3 Å². The van der Waals surface area contributed by atoms with Gasteiger partial charge in [-0.05, 0) is 37.1 Å². The van der Waals surface area contributed by atoms with E-state index in [2.05, 4.69) is 10.3 Å². The van der Waals surface area contributed by atoms with E-state index in [1.165, 1.54) is 28.4 Å². The van der Waals surface area contributed by atoms with E-state index >= 15 is 0 Å². The molecule has 0 unspecified atom stereocenters. The summed E-state index contributed by atoms with van der Waals surface area (Å²) in [7, 11) is 0. The monoisotopic (exact) mass is 411 g/mol. The van der Waals surface area contributed by atoms with Crippen molar-refractivity contribution in [2.45, 2.75) is 44.3 Å². The third kappa shape index (κ3) is 5.09. The first-order chi connectivity index (χ1) is 13.3. The van der Waals surface area contributed by atoms with Gasteiger partial charge in [0.1, 0.15) is 6.54 Å². The van der Waals surface area contributed by atoms with Crippen molar-refractivity contribution in [1.82, 2.24) is 9.88 Å². The summed E-state index contributed by atoms with van der Waals surface area (Å²) in [5.41, 5.74) is -0.671. The smallest absolute Gasteiger partial charge is 0.326 e. The maximum atomic E-state index is 13.0. The molecule has 28 heavy (non-hydrogen) atoms. The van der Waals surface area contributed by atoms with E-state index in [0.717, 1.165) is 44.2 Å². The van der Waals surface area contributed by atoms with Crippen molar-refractivity contribution in [2.24, 2.45) is 0 Å². The SMILES string of the molecule is O=C(CN(C(=O)c1ccc(C(F)(F)F)cc1)C1CCCCC1)Nc1nccs1. The van der Waals surface area contributed by atoms with E-state index in [-0.39, 0.29) is 24.1 Å². The molecule has 5 nitrogen and oxygen atoms in total. The summed E-state index contributed by atoms with van der Waals surface area (Å²) < 4.78 is 38.3. The Morgan fingerprint density at radius 2 is 1.82 bits per heavy atom. The molecular formula is C19H20F3N3O2S. The molecule has 1 aromatic heterocycles. The van der Waals surface area contributed by atoms with Gasteiger partial charge in [0.2, 0.25) is 5.91 Å². The van der Waals surface area contributed by atoms with Crippen molar-refractivity contribution < 1.29 is 22.8 Å². The Bertz CT molecular complexity index is 801. The Labute approximate surface area is 164 Å². The number of halogens is 3. The number of nitrogens with zero attached hydrogens (tertiary/aromatic N) is 2. The van der Waals surface area contributed by atoms with Gasteiger partial charge in [-0.15, -0.1) is 11.3 Å². The van der Waals surface area contributed by atoms with Crippen molar-refractivity contribution in [2.75, 3.05) is 11.9 Å². The highest BCUT2D eigenvalue weighted by Gasteiger charge is 2.32. The number of nitrogens with one attached hydrogen (secondary N) is 1. The fourth-order valence-electron chi connectivity index (χ4n) is 3.33. The second kappa shape index (κ2) is 8.72. The lowest BCUT2D eigenvalue weighted by atomic mass is 9.93. The number of carbonyl (C=O) groups excluding carboxylic acids is 2. The van der Waals surface area contributed by atoms with Crippen LogP contribution in [0.15, 0.2) is 35.8 Å². The summed E-state index contributed by atoms with van der Waals surface area (Å²) in [4.78, 5) is 30.9. The number of anilines is 1. The lowest BCUT2D eigenvalue weighted by Gasteiger charge is -2.34. The van der Waals surface area contributed by atoms with E-state index in [4.69, 9.17) is 0 Å². The lowest BCUT2D eigenvalue weighted by molar-refractivity contribution is -0.137. The van der Waals surface area contributed by atoms with Crippen LogP contribution in [0.3, 0.4) is 0 Å². The zero-order valence-corrected chi connectivity index (χ0v) is 15.9. The first-order valence-corrected chi connectivity index (χ1v) is 9.90. The summed E-state index contributed by atoms with van der Waals surface area (Å²) in [6.07, 6.45) is 1.63. The number of alkyl halides is 3. The molecule has 1 aliphatic carbocycles. The second-order valence-corrected chi connectivity index (χ2v) is 7.58. The fourth-order valence-corrected chi connectivity index (χ4v) is 3.87. The molecule has 150 valence electrons. The number of hydrogen-bond acceptors (Lipinski definition) is 4. The number of aromatic nitrogens is 1. The molecule has 0 radical (unpaired) electrons. The Morgan fingerprint density at radius 3 is 2.39 bits per heavy atom. The highest BCUT2D eigenvalue weighted by molar-refractivity contribution is 7.13. The minimum Gasteiger partial charge on any atom is -0.326 e. The summed E-state index contributed by atoms with van der Waals surface area (Å²) in [6, 6.07) is 4.01. The van der Waals surface area contributed by atoms with Gasteiger partial charge in [-0.2, -0.15) is 13.2 Å². The molecule has 1 N–H and O–H groups in total. The molecule has 0 bridgehead atoms. The molecule has 1 saturated carbocycles. The molecule has 0 saturated heterocycles. The van der Waals surface area contributed by atoms with Gasteiger partial charge in [0.15, 0.2) is 5.13 Å². The fraction of sp³-hybridized carbons (Fsp3) is 0.421. The van der Waals surface area contributed by atoms with E-state index in [1.807, 2.05) is 0 Å². The maximum absolute atomic E-state index is 13.0. The van der Waals surface area contributed by atoms with Crippen LogP contribution in [0.5, 0.6) is 0 Å². The Morgan fingerprint density at radius 1 is 1.14 bits per heavy atom. The van der Waals surface area contributed by atoms with Crippen LogP contribution in [0.25, 0.3) is 0 Å². The largest absolute Gasteiger partial charge is 0.416 e. The highest BCUT2D eigenvalue weighted by Crippen LogP contribution is 2.30. The Hall–Kier alpha value is -2.42. The van der Waals surface area contributed by atoms with E-state index in [9.17, 15) is 22.8 Å². The average molecular weight is 411 g/mol. The third-order valence-electron chi connectivity index (χ3n) is 4.73. The first-order valence-electron chi connectivity index (χ1n) is 9.02. The number of thiazole rings is 1. The van der Waals surface area contributed by atoms with Crippen LogP contribution in [-0.2, 0) is 11.0 Å². The van der Waals surface area contributed by atoms with Gasteiger partial charge in [0.05, 0.1) is 5.56 Å². The number of carbonyl (C=O) groups is 2. The van der Waals surface area contributed by atoms with Crippen LogP contribution in [0.2, 0.25) is 0 Å². The first kappa shape index (κ1) is 20.3. The number of rotatable bonds is 5. The molecule has 0 spiro atoms. The molecule has 3 rings (SSSR count). The van der Waals surface area contributed by atoms with Crippen LogP contribution in [0, 0.1) is 0 Å². The summed E-state index contributed by atoms with van der Waals surface area (Å²) in [5, 5.41) is 4.82. The van der Waals surface area contributed by atoms with E-state index in [0.29, 0.717) is 5.13 Å². The van der Waals surface area contributed by atoms with E-state index in [1.54, 1.807) is 11.6 Å². The molecule has 2 amide bonds. The molecule has 9 heteroatoms. The zero-order valence-electron chi connectivity index (χ0n) is 15.0. The van der Waals surface area contributed by atoms with Crippen LogP contribution in [-0.4, -0.2) is 34.3 Å². The van der Waals surface area contributed by atoms with E-state index < -0.39 is 17.6 Å². The van der Waals surface area contributed by atoms with Gasteiger partial charge in [0, 0.05) is 23.2 Å². The topological polar surface area (TPSA) is 62.3 Å². The summed E-state index contributed by atoms with van der Waals surface area (Å²) in [5.74, 6) is -0.810. The molecule has 0 atom stereocenters. The minimum absolute atomic E-state index is 0.106. The third-order valence-corrected chi connectivity index (χ3v) is 5.42. The van der Waals surface area contributed by atoms with Crippen LogP contribution in [0.1, 0.15) is 48.0 Å². The van der Waals surface area contributed by atoms with Crippen molar-refractivity contribution in [3.05, 3.63) is 47.0 Å². The summed E-state index contributed by atoms with van der Waals surface area (Å²) in [6.45, 7) is -0.163. The molecular weight excluding hydrogens is 391 g/mol. The lowest BCUT2D eigenvalue weighted by Crippen LogP contribution is -2.45. The molecule has 1 fully saturated rings. The molecule has 0 aliphatic heterocycles. The second-order valence-electron chi connectivity index (χ2n) is 6.69. The van der Waals surface area contributed by atoms with Gasteiger partial charge in [-0.25, -0.2) is 4.98 Å². The van der Waals surface area contributed by atoms with Gasteiger partial charge >= 0.3 is 6.18 Å². The average Bonchev–Trinajstić information content (AvgIpc) is 3.18.